The number of nitrogens with zero attached hydrogens (tertiary/aromatic N) is 1. The van der Waals surface area contributed by atoms with Crippen molar-refractivity contribution < 1.29 is 23.1 Å². The predicted molar refractivity (Wildman–Crippen MR) is 170 cm³/mol. The molecule has 9 nitrogen and oxygen atoms in total. The molecular weight excluding hydrogens is 591 g/mol. The van der Waals surface area contributed by atoms with Crippen LogP contribution in [0.3, 0.4) is 0 Å². The van der Waals surface area contributed by atoms with Gasteiger partial charge in [0.05, 0.1) is 5.69 Å². The average Bonchev–Trinajstić information content (AvgIpc) is 3.00. The van der Waals surface area contributed by atoms with Crippen LogP contribution < -0.4 is 25.8 Å². The van der Waals surface area contributed by atoms with E-state index >= 15 is 0 Å². The first-order valence-electron chi connectivity index (χ1n) is 12.7. The maximum absolute atomic E-state index is 14.8. The normalized spacial score (nSPS) is 11.7. The fraction of sp³-hybridized carbons (Fsp3) is 0.133. The zero-order valence-electron chi connectivity index (χ0n) is 23.0. The first-order valence-corrected chi connectivity index (χ1v) is 16.8. The van der Waals surface area contributed by atoms with Crippen molar-refractivity contribution in [1.29, 1.82) is 0 Å². The summed E-state index contributed by atoms with van der Waals surface area (Å²) in [5.74, 6) is -0.770. The number of thioether (sulfide) groups is 2. The van der Waals surface area contributed by atoms with E-state index in [1.807, 2.05) is 67.1 Å². The Balaban J connectivity index is 1.72. The van der Waals surface area contributed by atoms with Crippen molar-refractivity contribution in [2.45, 2.75) is 22.2 Å². The SMILES string of the molecule is CSc1ccc(OP(=O)(Oc2ccc(SC)cc2)C(NC(=O)OCc2ccccc2)c2ccc(N=C(N)N)cc2)cc1. The quantitative estimate of drug-likeness (QED) is 0.0642. The second kappa shape index (κ2) is 14.7. The fourth-order valence-corrected chi connectivity index (χ4v) is 6.49. The van der Waals surface area contributed by atoms with Crippen LogP contribution in [-0.2, 0) is 15.9 Å². The first kappa shape index (κ1) is 30.9. The molecule has 12 heteroatoms. The monoisotopic (exact) mass is 622 g/mol. The van der Waals surface area contributed by atoms with Crippen LogP contribution in [0, 0.1) is 0 Å². The molecule has 1 amide bonds. The summed E-state index contributed by atoms with van der Waals surface area (Å²) in [5.41, 5.74) is 12.7. The molecule has 0 bridgehead atoms. The third-order valence-corrected chi connectivity index (χ3v) is 9.31. The number of amides is 1. The Labute approximate surface area is 253 Å². The van der Waals surface area contributed by atoms with Gasteiger partial charge in [0, 0.05) is 9.79 Å². The molecule has 1 unspecified atom stereocenters. The van der Waals surface area contributed by atoms with Gasteiger partial charge in [-0.2, -0.15) is 0 Å². The van der Waals surface area contributed by atoms with Gasteiger partial charge >= 0.3 is 13.7 Å². The summed E-state index contributed by atoms with van der Waals surface area (Å²) in [4.78, 5) is 19.1. The number of ether oxygens (including phenoxy) is 1. The van der Waals surface area contributed by atoms with Crippen LogP contribution in [0.5, 0.6) is 11.5 Å². The number of benzene rings is 4. The predicted octanol–water partition coefficient (Wildman–Crippen LogP) is 7.31. The molecule has 0 aliphatic carbocycles. The second-order valence-corrected chi connectivity index (χ2v) is 12.5. The number of hydrogen-bond acceptors (Lipinski definition) is 8. The van der Waals surface area contributed by atoms with E-state index < -0.39 is 19.5 Å². The summed E-state index contributed by atoms with van der Waals surface area (Å²) >= 11 is 3.12. The third-order valence-electron chi connectivity index (χ3n) is 5.83. The number of nitrogens with two attached hydrogens (primary N) is 2. The molecule has 0 aromatic heterocycles. The molecule has 0 radical (unpaired) electrons. The fourth-order valence-electron chi connectivity index (χ4n) is 3.79. The Morgan fingerprint density at radius 2 is 1.33 bits per heavy atom. The van der Waals surface area contributed by atoms with Crippen molar-refractivity contribution in [2.24, 2.45) is 16.5 Å². The van der Waals surface area contributed by atoms with Crippen LogP contribution in [-0.4, -0.2) is 24.6 Å². The molecule has 0 spiro atoms. The summed E-state index contributed by atoms with van der Waals surface area (Å²) in [5, 5.41) is 2.72. The molecule has 0 aliphatic rings. The minimum atomic E-state index is -4.25. The number of carbonyl (C=O) groups is 1. The van der Waals surface area contributed by atoms with Crippen molar-refractivity contribution in [1.82, 2.24) is 5.32 Å². The van der Waals surface area contributed by atoms with Gasteiger partial charge in [-0.25, -0.2) is 14.4 Å². The average molecular weight is 623 g/mol. The highest BCUT2D eigenvalue weighted by Gasteiger charge is 2.42. The molecular formula is C30H31N4O5PS2. The van der Waals surface area contributed by atoms with Crippen LogP contribution in [0.25, 0.3) is 0 Å². The van der Waals surface area contributed by atoms with E-state index in [0.29, 0.717) is 22.7 Å². The van der Waals surface area contributed by atoms with Crippen molar-refractivity contribution >= 4 is 48.9 Å². The van der Waals surface area contributed by atoms with E-state index in [2.05, 4.69) is 10.3 Å². The lowest BCUT2D eigenvalue weighted by Crippen LogP contribution is -2.31. The molecule has 0 saturated carbocycles. The van der Waals surface area contributed by atoms with Gasteiger partial charge in [-0.05, 0) is 84.3 Å². The van der Waals surface area contributed by atoms with Crippen molar-refractivity contribution in [2.75, 3.05) is 12.5 Å². The Morgan fingerprint density at radius 1 is 0.810 bits per heavy atom. The number of guanidine groups is 1. The highest BCUT2D eigenvalue weighted by molar-refractivity contribution is 7.98. The van der Waals surface area contributed by atoms with Crippen LogP contribution >= 0.6 is 31.1 Å². The molecule has 0 fully saturated rings. The molecule has 4 aromatic carbocycles. The number of nitrogens with one attached hydrogen (secondary N) is 1. The van der Waals surface area contributed by atoms with E-state index in [1.54, 1.807) is 72.1 Å². The molecule has 4 rings (SSSR count). The van der Waals surface area contributed by atoms with Crippen LogP contribution in [0.15, 0.2) is 118 Å². The lowest BCUT2D eigenvalue weighted by atomic mass is 10.2. The topological polar surface area (TPSA) is 138 Å². The minimum absolute atomic E-state index is 0.0150. The highest BCUT2D eigenvalue weighted by Crippen LogP contribution is 2.59. The van der Waals surface area contributed by atoms with E-state index in [-0.39, 0.29) is 12.6 Å². The number of carbonyl (C=O) groups excluding carboxylic acids is 1. The van der Waals surface area contributed by atoms with Gasteiger partial charge < -0.3 is 30.6 Å². The molecule has 0 aliphatic heterocycles. The maximum atomic E-state index is 14.8. The van der Waals surface area contributed by atoms with Gasteiger partial charge in [-0.15, -0.1) is 23.5 Å². The van der Waals surface area contributed by atoms with Gasteiger partial charge in [0.1, 0.15) is 18.1 Å². The van der Waals surface area contributed by atoms with Gasteiger partial charge in [0.2, 0.25) is 0 Å². The van der Waals surface area contributed by atoms with Gasteiger partial charge in [-0.1, -0.05) is 42.5 Å². The summed E-state index contributed by atoms with van der Waals surface area (Å²) in [7, 11) is -4.25. The molecule has 0 heterocycles. The van der Waals surface area contributed by atoms with Crippen LogP contribution in [0.1, 0.15) is 16.9 Å². The second-order valence-electron chi connectivity index (χ2n) is 8.81. The largest absolute Gasteiger partial charge is 0.457 e. The molecule has 5 N–H and O–H groups in total. The minimum Gasteiger partial charge on any atom is -0.445 e. The van der Waals surface area contributed by atoms with E-state index in [4.69, 9.17) is 25.3 Å². The smallest absolute Gasteiger partial charge is 0.445 e. The zero-order chi connectivity index (χ0) is 30.0. The van der Waals surface area contributed by atoms with Gasteiger partial charge in [0.15, 0.2) is 11.7 Å². The Morgan fingerprint density at radius 3 is 1.81 bits per heavy atom. The highest BCUT2D eigenvalue weighted by atomic mass is 32.2. The van der Waals surface area contributed by atoms with E-state index in [9.17, 15) is 9.36 Å². The lowest BCUT2D eigenvalue weighted by Gasteiger charge is -2.28. The lowest BCUT2D eigenvalue weighted by molar-refractivity contribution is 0.137. The summed E-state index contributed by atoms with van der Waals surface area (Å²) in [6.45, 7) is 0.0150. The number of hydrogen-bond donors (Lipinski definition) is 3. The van der Waals surface area contributed by atoms with Crippen molar-refractivity contribution in [3.63, 3.8) is 0 Å². The maximum Gasteiger partial charge on any atom is 0.457 e. The molecule has 0 saturated heterocycles. The van der Waals surface area contributed by atoms with Gasteiger partial charge in [-0.3, -0.25) is 0 Å². The zero-order valence-corrected chi connectivity index (χ0v) is 25.5. The van der Waals surface area contributed by atoms with Gasteiger partial charge in [0.25, 0.3) is 0 Å². The Kier molecular flexibility index (Phi) is 10.8. The number of rotatable bonds is 12. The van der Waals surface area contributed by atoms with E-state index in [1.165, 1.54) is 0 Å². The molecule has 1 atom stereocenters. The third kappa shape index (κ3) is 8.72. The molecule has 42 heavy (non-hydrogen) atoms. The summed E-state index contributed by atoms with van der Waals surface area (Å²) in [6, 6.07) is 29.9. The molecule has 218 valence electrons. The van der Waals surface area contributed by atoms with Crippen LogP contribution in [0.4, 0.5) is 10.5 Å². The Bertz CT molecular complexity index is 1480. The van der Waals surface area contributed by atoms with E-state index in [0.717, 1.165) is 15.4 Å². The number of aliphatic imine (C=N–C) groups is 1. The standard InChI is InChI=1S/C30H31N4O5PS2/c1-41-26-16-12-24(13-17-26)38-40(36,39-25-14-18-27(42-2)19-15-25)28(22-8-10-23(11-9-22)33-29(31)32)34-30(35)37-20-21-6-4-3-5-7-21/h3-19,28H,20H2,1-2H3,(H,34,35)(H4,31,32,33). The van der Waals surface area contributed by atoms with Crippen molar-refractivity contribution in [3.05, 3.63) is 114 Å². The Hall–Kier alpha value is -4.05. The molecule has 4 aromatic rings. The van der Waals surface area contributed by atoms with Crippen LogP contribution in [0.2, 0.25) is 0 Å². The number of alkyl carbamates (subject to hydrolysis) is 1. The van der Waals surface area contributed by atoms with Crippen molar-refractivity contribution in [3.8, 4) is 11.5 Å². The summed E-state index contributed by atoms with van der Waals surface area (Å²) < 4.78 is 32.5. The summed E-state index contributed by atoms with van der Waals surface area (Å²) in [6.07, 6.45) is 3.10. The first-order chi connectivity index (χ1) is 20.3.